The fourth-order valence-electron chi connectivity index (χ4n) is 1.80. The van der Waals surface area contributed by atoms with E-state index in [1.807, 2.05) is 0 Å². The minimum absolute atomic E-state index is 0.0952. The molecule has 2 atom stereocenters. The summed E-state index contributed by atoms with van der Waals surface area (Å²) in [5.74, 6) is -0.730. The molecule has 4 N–H and O–H groups in total. The molecule has 0 aromatic rings. The highest BCUT2D eigenvalue weighted by Gasteiger charge is 2.31. The highest BCUT2D eigenvalue weighted by molar-refractivity contribution is 5.83. The van der Waals surface area contributed by atoms with Crippen LogP contribution in [0, 0.1) is 11.3 Å². The molecule has 6 heteroatoms. The monoisotopic (exact) mass is 224 g/mol. The molecule has 0 radical (unpaired) electrons. The van der Waals surface area contributed by atoms with Gasteiger partial charge in [0, 0.05) is 13.0 Å². The fraction of sp³-hybridized carbons (Fsp3) is 0.700. The highest BCUT2D eigenvalue weighted by atomic mass is 16.2. The molecule has 0 aromatic heterocycles. The van der Waals surface area contributed by atoms with E-state index in [-0.39, 0.29) is 24.8 Å². The van der Waals surface area contributed by atoms with Gasteiger partial charge < -0.3 is 16.4 Å². The van der Waals surface area contributed by atoms with Gasteiger partial charge in [0.15, 0.2) is 0 Å². The van der Waals surface area contributed by atoms with Crippen molar-refractivity contribution in [2.75, 3.05) is 6.54 Å². The first-order chi connectivity index (χ1) is 7.56. The molecular formula is C10H16N4O2. The molecule has 16 heavy (non-hydrogen) atoms. The lowest BCUT2D eigenvalue weighted by molar-refractivity contribution is -0.132. The van der Waals surface area contributed by atoms with Crippen LogP contribution in [0.3, 0.4) is 0 Å². The molecule has 1 rings (SSSR count). The maximum atomic E-state index is 11.8. The van der Waals surface area contributed by atoms with Crippen LogP contribution < -0.4 is 11.5 Å². The number of hydrogen-bond donors (Lipinski definition) is 2. The molecule has 0 aliphatic carbocycles. The number of carbonyl (C=O) groups is 2. The van der Waals surface area contributed by atoms with Gasteiger partial charge in [-0.3, -0.25) is 9.59 Å². The molecular weight excluding hydrogens is 208 g/mol. The number of hydrogen-bond acceptors (Lipinski definition) is 4. The Bertz CT molecular complexity index is 323. The Morgan fingerprint density at radius 3 is 2.81 bits per heavy atom. The lowest BCUT2D eigenvalue weighted by atomic mass is 10.1. The quantitative estimate of drug-likeness (QED) is 0.643. The zero-order chi connectivity index (χ0) is 12.1. The Balaban J connectivity index is 2.50. The summed E-state index contributed by atoms with van der Waals surface area (Å²) in [6, 6.07) is 0.969. The normalized spacial score (nSPS) is 21.5. The summed E-state index contributed by atoms with van der Waals surface area (Å²) in [4.78, 5) is 23.9. The molecule has 1 unspecified atom stereocenters. The van der Waals surface area contributed by atoms with Gasteiger partial charge in [-0.1, -0.05) is 0 Å². The van der Waals surface area contributed by atoms with Crippen LogP contribution >= 0.6 is 0 Å². The number of primary amides is 1. The molecule has 1 saturated heterocycles. The van der Waals surface area contributed by atoms with Crippen LogP contribution in [0.2, 0.25) is 0 Å². The van der Waals surface area contributed by atoms with E-state index >= 15 is 0 Å². The Morgan fingerprint density at radius 1 is 1.56 bits per heavy atom. The van der Waals surface area contributed by atoms with E-state index in [1.165, 1.54) is 4.90 Å². The standard InChI is InChI=1S/C10H16N4O2/c11-6-7-2-1-5-14(7)10(16)8(12)3-4-9(13)15/h7-8H,1-5,12H2,(H2,13,15)/t7?,8-/m0/s1. The molecule has 0 saturated carbocycles. The number of amides is 2. The van der Waals surface area contributed by atoms with E-state index in [1.54, 1.807) is 0 Å². The maximum Gasteiger partial charge on any atom is 0.240 e. The summed E-state index contributed by atoms with van der Waals surface area (Å²) >= 11 is 0. The summed E-state index contributed by atoms with van der Waals surface area (Å²) in [5, 5.41) is 8.83. The number of rotatable bonds is 4. The summed E-state index contributed by atoms with van der Waals surface area (Å²) in [6.45, 7) is 0.571. The van der Waals surface area contributed by atoms with Crippen molar-refractivity contribution in [3.05, 3.63) is 0 Å². The van der Waals surface area contributed by atoms with Crippen LogP contribution in [-0.4, -0.2) is 35.3 Å². The Hall–Kier alpha value is -1.61. The zero-order valence-corrected chi connectivity index (χ0v) is 9.06. The average Bonchev–Trinajstić information content (AvgIpc) is 2.72. The summed E-state index contributed by atoms with van der Waals surface area (Å²) in [7, 11) is 0. The van der Waals surface area contributed by atoms with Gasteiger partial charge in [-0.15, -0.1) is 0 Å². The van der Waals surface area contributed by atoms with Crippen molar-refractivity contribution in [2.45, 2.75) is 37.8 Å². The molecule has 0 aromatic carbocycles. The van der Waals surface area contributed by atoms with E-state index in [9.17, 15) is 9.59 Å². The van der Waals surface area contributed by atoms with Crippen LogP contribution in [0.5, 0.6) is 0 Å². The number of nitriles is 1. The molecule has 88 valence electrons. The lowest BCUT2D eigenvalue weighted by Gasteiger charge is -2.22. The Labute approximate surface area is 94.2 Å². The second-order valence-electron chi connectivity index (χ2n) is 3.93. The van der Waals surface area contributed by atoms with Crippen LogP contribution in [0.1, 0.15) is 25.7 Å². The zero-order valence-electron chi connectivity index (χ0n) is 9.06. The van der Waals surface area contributed by atoms with Crippen molar-refractivity contribution >= 4 is 11.8 Å². The van der Waals surface area contributed by atoms with Gasteiger partial charge >= 0.3 is 0 Å². The van der Waals surface area contributed by atoms with Crippen LogP contribution in [-0.2, 0) is 9.59 Å². The molecule has 1 heterocycles. The Morgan fingerprint density at radius 2 is 2.25 bits per heavy atom. The predicted octanol–water partition coefficient (Wildman–Crippen LogP) is -0.906. The molecule has 0 spiro atoms. The van der Waals surface area contributed by atoms with Crippen molar-refractivity contribution in [1.82, 2.24) is 4.90 Å². The van der Waals surface area contributed by atoms with Crippen molar-refractivity contribution in [2.24, 2.45) is 11.5 Å². The largest absolute Gasteiger partial charge is 0.370 e. The first-order valence-electron chi connectivity index (χ1n) is 5.30. The third-order valence-electron chi connectivity index (χ3n) is 2.70. The van der Waals surface area contributed by atoms with E-state index in [0.717, 1.165) is 6.42 Å². The van der Waals surface area contributed by atoms with Crippen LogP contribution in [0.15, 0.2) is 0 Å². The third-order valence-corrected chi connectivity index (χ3v) is 2.70. The first kappa shape index (κ1) is 12.5. The first-order valence-corrected chi connectivity index (χ1v) is 5.30. The molecule has 2 amide bonds. The number of nitrogens with zero attached hydrogens (tertiary/aromatic N) is 2. The van der Waals surface area contributed by atoms with Gasteiger partial charge in [-0.05, 0) is 19.3 Å². The SMILES string of the molecule is N#CC1CCCN1C(=O)[C@@H](N)CCC(N)=O. The number of likely N-dealkylation sites (tertiary alicyclic amines) is 1. The van der Waals surface area contributed by atoms with Crippen molar-refractivity contribution in [1.29, 1.82) is 5.26 Å². The highest BCUT2D eigenvalue weighted by Crippen LogP contribution is 2.17. The lowest BCUT2D eigenvalue weighted by Crippen LogP contribution is -2.45. The van der Waals surface area contributed by atoms with Crippen LogP contribution in [0.4, 0.5) is 0 Å². The second kappa shape index (κ2) is 5.47. The van der Waals surface area contributed by atoms with E-state index in [0.29, 0.717) is 13.0 Å². The van der Waals surface area contributed by atoms with E-state index < -0.39 is 11.9 Å². The minimum Gasteiger partial charge on any atom is -0.370 e. The predicted molar refractivity (Wildman–Crippen MR) is 56.8 cm³/mol. The van der Waals surface area contributed by atoms with Crippen molar-refractivity contribution in [3.8, 4) is 6.07 Å². The smallest absolute Gasteiger partial charge is 0.240 e. The fourth-order valence-corrected chi connectivity index (χ4v) is 1.80. The second-order valence-corrected chi connectivity index (χ2v) is 3.93. The molecule has 6 nitrogen and oxygen atoms in total. The van der Waals surface area contributed by atoms with Crippen molar-refractivity contribution in [3.63, 3.8) is 0 Å². The average molecular weight is 224 g/mol. The van der Waals surface area contributed by atoms with Gasteiger partial charge in [-0.2, -0.15) is 5.26 Å². The third kappa shape index (κ3) is 2.94. The summed E-state index contributed by atoms with van der Waals surface area (Å²) in [5.41, 5.74) is 10.6. The Kier molecular flexibility index (Phi) is 4.26. The van der Waals surface area contributed by atoms with Crippen molar-refractivity contribution < 1.29 is 9.59 Å². The van der Waals surface area contributed by atoms with Crippen LogP contribution in [0.25, 0.3) is 0 Å². The summed E-state index contributed by atoms with van der Waals surface area (Å²) < 4.78 is 0. The molecule has 1 aliphatic heterocycles. The van der Waals surface area contributed by atoms with Gasteiger partial charge in [-0.25, -0.2) is 0 Å². The number of carbonyl (C=O) groups excluding carboxylic acids is 2. The minimum atomic E-state index is -0.735. The molecule has 1 fully saturated rings. The topological polar surface area (TPSA) is 113 Å². The van der Waals surface area contributed by atoms with Gasteiger partial charge in [0.1, 0.15) is 6.04 Å². The van der Waals surface area contributed by atoms with E-state index in [2.05, 4.69) is 6.07 Å². The van der Waals surface area contributed by atoms with Gasteiger partial charge in [0.05, 0.1) is 12.1 Å². The number of nitrogens with two attached hydrogens (primary N) is 2. The summed E-state index contributed by atoms with van der Waals surface area (Å²) in [6.07, 6.45) is 1.86. The molecule has 1 aliphatic rings. The van der Waals surface area contributed by atoms with E-state index in [4.69, 9.17) is 16.7 Å². The van der Waals surface area contributed by atoms with Gasteiger partial charge in [0.25, 0.3) is 0 Å². The maximum absolute atomic E-state index is 11.8. The van der Waals surface area contributed by atoms with Gasteiger partial charge in [0.2, 0.25) is 11.8 Å². The molecule has 0 bridgehead atoms.